The fourth-order valence-corrected chi connectivity index (χ4v) is 8.41. The number of carbonyl (C=O) groups excluding carboxylic acids is 3. The Morgan fingerprint density at radius 1 is 1.27 bits per heavy atom. The van der Waals surface area contributed by atoms with Gasteiger partial charge in [-0.15, -0.1) is 16.9 Å². The topological polar surface area (TPSA) is 175 Å². The number of tetrazole rings is 1. The van der Waals surface area contributed by atoms with E-state index in [4.69, 9.17) is 0 Å². The van der Waals surface area contributed by atoms with Crippen molar-refractivity contribution >= 4 is 35.5 Å². The zero-order valence-corrected chi connectivity index (χ0v) is 23.4. The van der Waals surface area contributed by atoms with Crippen LogP contribution in [0.15, 0.2) is 16.9 Å². The summed E-state index contributed by atoms with van der Waals surface area (Å²) in [6, 6.07) is -1.13. The predicted molar refractivity (Wildman–Crippen MR) is 142 cm³/mol. The van der Waals surface area contributed by atoms with Gasteiger partial charge in [-0.25, -0.2) is 9.48 Å². The highest BCUT2D eigenvalue weighted by atomic mass is 32.2. The van der Waals surface area contributed by atoms with Crippen molar-refractivity contribution in [2.45, 2.75) is 75.0 Å². The number of aliphatic carboxylic acids is 1. The average molecular weight is 574 g/mol. The second-order valence-corrected chi connectivity index (χ2v) is 13.0. The first-order valence-electron chi connectivity index (χ1n) is 13.9. The van der Waals surface area contributed by atoms with Crippen molar-refractivity contribution in [3.63, 3.8) is 0 Å². The van der Waals surface area contributed by atoms with E-state index in [1.165, 1.54) is 34.1 Å². The Morgan fingerprint density at radius 2 is 2.02 bits per heavy atom. The number of carboxylic acid groups (broad SMARTS) is 1. The van der Waals surface area contributed by atoms with Gasteiger partial charge in [0.1, 0.15) is 18.6 Å². The molecule has 0 saturated carbocycles. The van der Waals surface area contributed by atoms with Gasteiger partial charge in [0.25, 0.3) is 0 Å². The Hall–Kier alpha value is -3.04. The van der Waals surface area contributed by atoms with E-state index in [9.17, 15) is 24.3 Å². The number of fused-ring (bicyclic) bond motifs is 1. The molecule has 0 aliphatic carbocycles. The highest BCUT2D eigenvalue weighted by Crippen LogP contribution is 2.52. The number of thioether (sulfide) groups is 1. The molecule has 0 bridgehead atoms. The monoisotopic (exact) mass is 573 g/mol. The van der Waals surface area contributed by atoms with Gasteiger partial charge in [-0.1, -0.05) is 6.92 Å². The zero-order chi connectivity index (χ0) is 28.2. The number of carboxylic acids is 1. The predicted octanol–water partition coefficient (Wildman–Crippen LogP) is -1.23. The number of likely N-dealkylation sites (tertiary alicyclic amines) is 1. The lowest BCUT2D eigenvalue weighted by atomic mass is 9.78. The Balaban J connectivity index is 1.07. The molecule has 4 fully saturated rings. The van der Waals surface area contributed by atoms with Gasteiger partial charge < -0.3 is 30.9 Å². The van der Waals surface area contributed by atoms with Crippen LogP contribution in [0.1, 0.15) is 39.5 Å². The Labute approximate surface area is 235 Å². The van der Waals surface area contributed by atoms with Gasteiger partial charge in [0.15, 0.2) is 0 Å². The van der Waals surface area contributed by atoms with Crippen molar-refractivity contribution in [1.82, 2.24) is 46.0 Å². The van der Waals surface area contributed by atoms with Crippen molar-refractivity contribution in [3.8, 4) is 0 Å². The van der Waals surface area contributed by atoms with E-state index in [1.807, 2.05) is 11.8 Å². The molecule has 6 atom stereocenters. The lowest BCUT2D eigenvalue weighted by Gasteiger charge is -2.49. The fraction of sp³-hybridized carbons (Fsp3) is 0.720. The smallest absolute Gasteiger partial charge is 0.353 e. The molecule has 0 radical (unpaired) electrons. The van der Waals surface area contributed by atoms with Crippen LogP contribution in [-0.2, 0) is 25.7 Å². The second kappa shape index (κ2) is 10.4. The van der Waals surface area contributed by atoms with E-state index < -0.39 is 17.9 Å². The zero-order valence-electron chi connectivity index (χ0n) is 22.6. The molecule has 216 valence electrons. The normalized spacial score (nSPS) is 31.6. The minimum Gasteiger partial charge on any atom is -0.477 e. The van der Waals surface area contributed by atoms with Crippen LogP contribution in [0.4, 0.5) is 0 Å². The Bertz CT molecular complexity index is 1230. The largest absolute Gasteiger partial charge is 0.477 e. The number of nitrogens with zero attached hydrogens (tertiary/aromatic N) is 6. The number of amides is 3. The maximum atomic E-state index is 13.2. The molecule has 40 heavy (non-hydrogen) atoms. The number of nitrogens with one attached hydrogen (secondary N) is 3. The van der Waals surface area contributed by atoms with Crippen LogP contribution in [0.3, 0.4) is 0 Å². The van der Waals surface area contributed by atoms with Crippen LogP contribution in [0.2, 0.25) is 0 Å². The molecule has 1 aromatic rings. The molecule has 14 nitrogen and oxygen atoms in total. The molecular formula is C25H35N9O5S. The molecule has 6 rings (SSSR count). The van der Waals surface area contributed by atoms with Crippen molar-refractivity contribution in [2.24, 2.45) is 11.8 Å². The number of hydrogen-bond donors (Lipinski definition) is 4. The van der Waals surface area contributed by atoms with Gasteiger partial charge in [0.2, 0.25) is 17.7 Å². The first-order valence-corrected chi connectivity index (χ1v) is 14.8. The van der Waals surface area contributed by atoms with Gasteiger partial charge in [0.05, 0.1) is 18.0 Å². The van der Waals surface area contributed by atoms with Crippen molar-refractivity contribution < 1.29 is 24.3 Å². The van der Waals surface area contributed by atoms with Gasteiger partial charge in [-0.3, -0.25) is 14.4 Å². The van der Waals surface area contributed by atoms with E-state index in [0.29, 0.717) is 17.9 Å². The minimum absolute atomic E-state index is 0.0193. The van der Waals surface area contributed by atoms with E-state index in [-0.39, 0.29) is 58.8 Å². The van der Waals surface area contributed by atoms with Crippen LogP contribution in [0.5, 0.6) is 0 Å². The SMILES string of the molecule is C[C@@H](NC(=O)Cn1cnnn1)[C@H]1C(=O)N2C(C(=O)O)=C(S[C@@H]3CNC(C(=O)N4CCC5(CCN5)CC4)C3)[C@H](C)[C@@H]12. The Morgan fingerprint density at radius 3 is 2.65 bits per heavy atom. The van der Waals surface area contributed by atoms with E-state index in [0.717, 1.165) is 32.5 Å². The fourth-order valence-electron chi connectivity index (χ4n) is 6.93. The molecule has 5 aliphatic rings. The van der Waals surface area contributed by atoms with Crippen LogP contribution >= 0.6 is 11.8 Å². The molecular weight excluding hydrogens is 538 g/mol. The molecule has 1 unspecified atom stereocenters. The maximum Gasteiger partial charge on any atom is 0.353 e. The number of hydrogen-bond acceptors (Lipinski definition) is 10. The lowest BCUT2D eigenvalue weighted by Crippen LogP contribution is -2.66. The third-order valence-electron chi connectivity index (χ3n) is 9.23. The summed E-state index contributed by atoms with van der Waals surface area (Å²) in [5.41, 5.74) is 0.260. The third-order valence-corrected chi connectivity index (χ3v) is 10.7. The summed E-state index contributed by atoms with van der Waals surface area (Å²) in [4.78, 5) is 55.2. The first kappa shape index (κ1) is 27.1. The summed E-state index contributed by atoms with van der Waals surface area (Å²) in [6.07, 6.45) is 5.09. The van der Waals surface area contributed by atoms with Gasteiger partial charge >= 0.3 is 5.97 Å². The van der Waals surface area contributed by atoms with E-state index in [2.05, 4.69) is 31.5 Å². The summed E-state index contributed by atoms with van der Waals surface area (Å²) in [6.45, 7) is 6.80. The van der Waals surface area contributed by atoms with Gasteiger partial charge in [-0.05, 0) is 49.6 Å². The second-order valence-electron chi connectivity index (χ2n) is 11.6. The number of piperidine rings is 1. The molecule has 15 heteroatoms. The summed E-state index contributed by atoms with van der Waals surface area (Å²) in [5, 5.41) is 30.5. The van der Waals surface area contributed by atoms with Crippen LogP contribution < -0.4 is 16.0 Å². The number of aromatic nitrogens is 4. The molecule has 4 N–H and O–H groups in total. The maximum absolute atomic E-state index is 13.2. The van der Waals surface area contributed by atoms with Crippen molar-refractivity contribution in [2.75, 3.05) is 26.2 Å². The summed E-state index contributed by atoms with van der Waals surface area (Å²) in [5.74, 6) is -2.40. The van der Waals surface area contributed by atoms with Crippen LogP contribution in [-0.4, -0.2) is 114 Å². The summed E-state index contributed by atoms with van der Waals surface area (Å²) in [7, 11) is 0. The number of β-lactam (4-membered cyclic amide) rings is 1. The minimum atomic E-state index is -1.13. The highest BCUT2D eigenvalue weighted by Gasteiger charge is 2.60. The summed E-state index contributed by atoms with van der Waals surface area (Å²) >= 11 is 1.47. The molecule has 3 amide bonds. The van der Waals surface area contributed by atoms with Gasteiger partial charge in [0, 0.05) is 47.3 Å². The Kier molecular flexibility index (Phi) is 7.07. The van der Waals surface area contributed by atoms with Crippen molar-refractivity contribution in [1.29, 1.82) is 0 Å². The molecule has 5 aliphatic heterocycles. The lowest BCUT2D eigenvalue weighted by molar-refractivity contribution is -0.158. The average Bonchev–Trinajstić information content (AvgIpc) is 3.63. The van der Waals surface area contributed by atoms with Gasteiger partial charge in [-0.2, -0.15) is 0 Å². The number of rotatable bonds is 8. The standard InChI is InChI=1S/C25H35N9O5S/c1-13-19-18(14(2)29-17(35)11-33-12-28-30-31-33)23(37)34(19)20(24(38)39)21(13)40-15-9-16(26-10-15)22(36)32-7-4-25(5-8-32)3-6-27-25/h12-16,18-19,26-27H,3-11H2,1-2H3,(H,29,35)(H,38,39)/t13-,14-,15+,16?,18-,19+/m1/s1. The molecule has 4 saturated heterocycles. The van der Waals surface area contributed by atoms with Crippen LogP contribution in [0, 0.1) is 11.8 Å². The summed E-state index contributed by atoms with van der Waals surface area (Å²) < 4.78 is 1.29. The van der Waals surface area contributed by atoms with E-state index >= 15 is 0 Å². The van der Waals surface area contributed by atoms with Crippen LogP contribution in [0.25, 0.3) is 0 Å². The third kappa shape index (κ3) is 4.67. The molecule has 1 spiro atoms. The van der Waals surface area contributed by atoms with E-state index in [1.54, 1.807) is 6.92 Å². The molecule has 6 heterocycles. The number of carbonyl (C=O) groups is 4. The van der Waals surface area contributed by atoms with Crippen molar-refractivity contribution in [3.05, 3.63) is 16.9 Å². The first-order chi connectivity index (χ1) is 19.2. The quantitative estimate of drug-likeness (QED) is 0.274. The molecule has 1 aromatic heterocycles. The molecule has 0 aromatic carbocycles. The highest BCUT2D eigenvalue weighted by molar-refractivity contribution is 8.03.